The Hall–Kier alpha value is 0.260. The first-order chi connectivity index (χ1) is 7.54. The number of hydrogen-bond donors (Lipinski definition) is 0. The highest BCUT2D eigenvalue weighted by atomic mass is 13.9. The number of rotatable bonds is 8. The smallest absolute Gasteiger partial charge is 0.0957 e. The van der Waals surface area contributed by atoms with E-state index in [-0.39, 0.29) is 0 Å². The first kappa shape index (κ1) is 18.6. The Balaban J connectivity index is 0. The predicted octanol–water partition coefficient (Wildman–Crippen LogP) is 1.16. The summed E-state index contributed by atoms with van der Waals surface area (Å²) in [6, 6.07) is 0. The molecular weight excluding hydrogens is 187 g/mol. The van der Waals surface area contributed by atoms with E-state index in [1.807, 2.05) is 0 Å². The van der Waals surface area contributed by atoms with Crippen molar-refractivity contribution in [3.8, 4) is 0 Å². The molecule has 0 aliphatic carbocycles. The summed E-state index contributed by atoms with van der Waals surface area (Å²) in [6.07, 6.45) is 11.2. The second-order valence-electron chi connectivity index (χ2n) is 5.78. The molecule has 0 heterocycles. The van der Waals surface area contributed by atoms with Gasteiger partial charge in [-0.1, -0.05) is 76.6 Å². The van der Waals surface area contributed by atoms with Gasteiger partial charge in [0.15, 0.2) is 0 Å². The van der Waals surface area contributed by atoms with Crippen molar-refractivity contribution in [2.24, 2.45) is 0 Å². The molecule has 0 rings (SSSR count). The lowest BCUT2D eigenvalue weighted by atomic mass is 9.68. The Morgan fingerprint density at radius 2 is 0.938 bits per heavy atom. The molecule has 0 atom stereocenters. The fourth-order valence-corrected chi connectivity index (χ4v) is 1.61. The van der Waals surface area contributed by atoms with Crippen LogP contribution in [0.1, 0.15) is 65.2 Å². The van der Waals surface area contributed by atoms with Crippen LogP contribution < -0.4 is 0 Å². The van der Waals surface area contributed by atoms with Crippen molar-refractivity contribution in [3.63, 3.8) is 0 Å². The molecule has 0 radical (unpaired) electrons. The molecule has 4 heteroatoms. The SMILES string of the molecule is BC(B)CCCCC.BC(B)CCCCC. The molecule has 0 aromatic heterocycles. The van der Waals surface area contributed by atoms with Crippen molar-refractivity contribution in [2.75, 3.05) is 0 Å². The summed E-state index contributed by atoms with van der Waals surface area (Å²) in [5.74, 6) is 0. The van der Waals surface area contributed by atoms with Gasteiger partial charge in [-0.15, -0.1) is 0 Å². The fourth-order valence-electron chi connectivity index (χ4n) is 1.61. The lowest BCUT2D eigenvalue weighted by Crippen LogP contribution is -1.89. The zero-order valence-electron chi connectivity index (χ0n) is 12.8. The van der Waals surface area contributed by atoms with E-state index in [1.165, 1.54) is 51.4 Å². The van der Waals surface area contributed by atoms with Gasteiger partial charge in [0, 0.05) is 0 Å². The Labute approximate surface area is 108 Å². The summed E-state index contributed by atoms with van der Waals surface area (Å²) in [7, 11) is 9.15. The molecule has 0 aromatic rings. The Bertz CT molecular complexity index is 102. The van der Waals surface area contributed by atoms with Crippen LogP contribution in [0.15, 0.2) is 0 Å². The van der Waals surface area contributed by atoms with Crippen molar-refractivity contribution >= 4 is 31.4 Å². The van der Waals surface area contributed by atoms with Gasteiger partial charge in [-0.3, -0.25) is 0 Å². The van der Waals surface area contributed by atoms with E-state index >= 15 is 0 Å². The first-order valence-corrected chi connectivity index (χ1v) is 7.54. The normalized spacial score (nSPS) is 10.2. The maximum absolute atomic E-state index is 2.29. The topological polar surface area (TPSA) is 0 Å². The van der Waals surface area contributed by atoms with Crippen molar-refractivity contribution in [2.45, 2.75) is 76.6 Å². The molecule has 0 aromatic carbocycles. The molecule has 0 N–H and O–H groups in total. The molecule has 0 saturated carbocycles. The number of unbranched alkanes of at least 4 members (excludes halogenated alkanes) is 4. The zero-order chi connectivity index (χ0) is 12.8. The Morgan fingerprint density at radius 3 is 1.12 bits per heavy atom. The molecule has 0 fully saturated rings. The van der Waals surface area contributed by atoms with E-state index in [4.69, 9.17) is 0 Å². The van der Waals surface area contributed by atoms with E-state index in [0.29, 0.717) is 0 Å². The maximum atomic E-state index is 2.29. The number of hydrogen-bond acceptors (Lipinski definition) is 0. The van der Waals surface area contributed by atoms with Gasteiger partial charge in [0.05, 0.1) is 31.4 Å². The fraction of sp³-hybridized carbons (Fsp3) is 1.00. The van der Waals surface area contributed by atoms with Gasteiger partial charge >= 0.3 is 0 Å². The van der Waals surface area contributed by atoms with Gasteiger partial charge in [-0.25, -0.2) is 0 Å². The molecule has 0 aliphatic heterocycles. The monoisotopic (exact) mass is 220 g/mol. The van der Waals surface area contributed by atoms with Crippen LogP contribution in [0.25, 0.3) is 0 Å². The molecular formula is C12H32B4. The molecule has 0 spiro atoms. The van der Waals surface area contributed by atoms with Crippen molar-refractivity contribution in [1.82, 2.24) is 0 Å². The van der Waals surface area contributed by atoms with Crippen LogP contribution in [-0.4, -0.2) is 31.4 Å². The maximum Gasteiger partial charge on any atom is 0.0957 e. The summed E-state index contributed by atoms with van der Waals surface area (Å²) in [4.78, 5) is 0. The van der Waals surface area contributed by atoms with Crippen molar-refractivity contribution in [1.29, 1.82) is 0 Å². The van der Waals surface area contributed by atoms with Crippen LogP contribution in [-0.2, 0) is 0 Å². The lowest BCUT2D eigenvalue weighted by Gasteiger charge is -2.00. The van der Waals surface area contributed by atoms with Crippen LogP contribution >= 0.6 is 0 Å². The van der Waals surface area contributed by atoms with Crippen LogP contribution in [0, 0.1) is 0 Å². The summed E-state index contributed by atoms with van der Waals surface area (Å²) < 4.78 is 0. The average Bonchev–Trinajstić information content (AvgIpc) is 2.18. The van der Waals surface area contributed by atoms with Crippen LogP contribution in [0.5, 0.6) is 0 Å². The Morgan fingerprint density at radius 1 is 0.625 bits per heavy atom. The van der Waals surface area contributed by atoms with Gasteiger partial charge in [0.2, 0.25) is 0 Å². The van der Waals surface area contributed by atoms with Gasteiger partial charge in [-0.2, -0.15) is 0 Å². The standard InChI is InChI=1S/2C6H16B2/c2*1-2-3-4-5-6(7)8/h2*6H,2-5,7-8H2,1H3. The molecule has 0 bridgehead atoms. The third-order valence-electron chi connectivity index (χ3n) is 2.77. The average molecular weight is 220 g/mol. The van der Waals surface area contributed by atoms with Crippen LogP contribution in [0.3, 0.4) is 0 Å². The largest absolute Gasteiger partial charge is 0.0959 e. The summed E-state index contributed by atoms with van der Waals surface area (Å²) in [5, 5.41) is 0. The highest BCUT2D eigenvalue weighted by Gasteiger charge is 1.92. The van der Waals surface area contributed by atoms with E-state index < -0.39 is 0 Å². The van der Waals surface area contributed by atoms with Crippen molar-refractivity contribution in [3.05, 3.63) is 0 Å². The Kier molecular flexibility index (Phi) is 17.8. The first-order valence-electron chi connectivity index (χ1n) is 7.54. The van der Waals surface area contributed by atoms with E-state index in [9.17, 15) is 0 Å². The molecule has 0 unspecified atom stereocenters. The van der Waals surface area contributed by atoms with E-state index in [1.54, 1.807) is 0 Å². The quantitative estimate of drug-likeness (QED) is 0.425. The highest BCUT2D eigenvalue weighted by molar-refractivity contribution is 6.35. The molecule has 92 valence electrons. The minimum absolute atomic E-state index is 0.904. The molecule has 16 heavy (non-hydrogen) atoms. The predicted molar refractivity (Wildman–Crippen MR) is 90.0 cm³/mol. The summed E-state index contributed by atoms with van der Waals surface area (Å²) in [6.45, 7) is 4.50. The second-order valence-corrected chi connectivity index (χ2v) is 5.78. The lowest BCUT2D eigenvalue weighted by molar-refractivity contribution is 0.689. The zero-order valence-corrected chi connectivity index (χ0v) is 12.8. The highest BCUT2D eigenvalue weighted by Crippen LogP contribution is 2.07. The third kappa shape index (κ3) is 23.8. The molecule has 0 amide bonds. The third-order valence-corrected chi connectivity index (χ3v) is 2.77. The van der Waals surface area contributed by atoms with Crippen LogP contribution in [0.2, 0.25) is 11.4 Å². The minimum atomic E-state index is 0.904. The van der Waals surface area contributed by atoms with Gasteiger partial charge < -0.3 is 0 Å². The van der Waals surface area contributed by atoms with E-state index in [0.717, 1.165) is 11.4 Å². The molecule has 0 aliphatic rings. The van der Waals surface area contributed by atoms with Crippen molar-refractivity contribution < 1.29 is 0 Å². The van der Waals surface area contributed by atoms with Gasteiger partial charge in [0.25, 0.3) is 0 Å². The van der Waals surface area contributed by atoms with E-state index in [2.05, 4.69) is 45.2 Å². The molecule has 0 nitrogen and oxygen atoms in total. The van der Waals surface area contributed by atoms with Gasteiger partial charge in [0.1, 0.15) is 0 Å². The second kappa shape index (κ2) is 15.3. The summed E-state index contributed by atoms with van der Waals surface area (Å²) in [5.41, 5.74) is 1.81. The van der Waals surface area contributed by atoms with Gasteiger partial charge in [-0.05, 0) is 0 Å². The minimum Gasteiger partial charge on any atom is -0.0959 e. The molecule has 0 saturated heterocycles. The summed E-state index contributed by atoms with van der Waals surface area (Å²) >= 11 is 0. The van der Waals surface area contributed by atoms with Crippen LogP contribution in [0.4, 0.5) is 0 Å².